The van der Waals surface area contributed by atoms with Gasteiger partial charge in [0.1, 0.15) is 14.8 Å². The number of carbonyl (C=O) groups excluding carboxylic acids is 1. The molecule has 1 amide bonds. The predicted octanol–water partition coefficient (Wildman–Crippen LogP) is 1.16. The molecule has 0 bridgehead atoms. The van der Waals surface area contributed by atoms with Crippen LogP contribution in [0.2, 0.25) is 0 Å². The Morgan fingerprint density at radius 2 is 2.14 bits per heavy atom. The number of primary amides is 1. The summed E-state index contributed by atoms with van der Waals surface area (Å²) in [5, 5.41) is 0.951. The maximum atomic E-state index is 12.3. The molecule has 0 aromatic carbocycles. The molecule has 0 saturated carbocycles. The van der Waals surface area contributed by atoms with E-state index in [4.69, 9.17) is 11.5 Å². The van der Waals surface area contributed by atoms with E-state index in [0.29, 0.717) is 10.3 Å². The highest BCUT2D eigenvalue weighted by Crippen LogP contribution is 2.43. The number of thiophene rings is 1. The second-order valence-electron chi connectivity index (χ2n) is 4.87. The SMILES string of the molecule is CCS(=O)(=O)c1c(N2CCSC(C)C2)sc(C(N)=O)c1N. The molecular formula is C12H19N3O3S3. The van der Waals surface area contributed by atoms with Gasteiger partial charge in [-0.3, -0.25) is 4.79 Å². The van der Waals surface area contributed by atoms with Crippen molar-refractivity contribution in [3.8, 4) is 0 Å². The number of anilines is 2. The summed E-state index contributed by atoms with van der Waals surface area (Å²) in [5.74, 6) is 0.170. The van der Waals surface area contributed by atoms with Gasteiger partial charge in [0.05, 0.1) is 11.4 Å². The van der Waals surface area contributed by atoms with Gasteiger partial charge in [0.15, 0.2) is 9.84 Å². The molecule has 0 spiro atoms. The zero-order chi connectivity index (χ0) is 15.8. The molecule has 9 heteroatoms. The Kier molecular flexibility index (Phi) is 4.74. The van der Waals surface area contributed by atoms with Gasteiger partial charge in [-0.2, -0.15) is 11.8 Å². The van der Waals surface area contributed by atoms with Gasteiger partial charge in [-0.1, -0.05) is 13.8 Å². The summed E-state index contributed by atoms with van der Waals surface area (Å²) in [6.45, 7) is 5.13. The Morgan fingerprint density at radius 1 is 1.48 bits per heavy atom. The highest BCUT2D eigenvalue weighted by molar-refractivity contribution is 8.00. The van der Waals surface area contributed by atoms with E-state index in [2.05, 4.69) is 6.92 Å². The number of amides is 1. The lowest BCUT2D eigenvalue weighted by Gasteiger charge is -2.32. The second kappa shape index (κ2) is 6.05. The molecule has 1 fully saturated rings. The number of rotatable bonds is 4. The maximum Gasteiger partial charge on any atom is 0.261 e. The molecule has 1 aromatic rings. The van der Waals surface area contributed by atoms with E-state index in [1.54, 1.807) is 6.92 Å². The van der Waals surface area contributed by atoms with Crippen LogP contribution in [0.3, 0.4) is 0 Å². The van der Waals surface area contributed by atoms with E-state index in [-0.39, 0.29) is 21.2 Å². The maximum absolute atomic E-state index is 12.3. The molecule has 118 valence electrons. The summed E-state index contributed by atoms with van der Waals surface area (Å²) in [6, 6.07) is 0. The topological polar surface area (TPSA) is 106 Å². The number of hydrogen-bond acceptors (Lipinski definition) is 7. The molecule has 1 aromatic heterocycles. The van der Waals surface area contributed by atoms with Crippen LogP contribution >= 0.6 is 23.1 Å². The monoisotopic (exact) mass is 349 g/mol. The molecule has 1 atom stereocenters. The van der Waals surface area contributed by atoms with E-state index in [1.165, 1.54) is 0 Å². The van der Waals surface area contributed by atoms with Crippen molar-refractivity contribution in [2.75, 3.05) is 35.2 Å². The van der Waals surface area contributed by atoms with Crippen molar-refractivity contribution in [3.63, 3.8) is 0 Å². The number of nitrogens with two attached hydrogens (primary N) is 2. The fourth-order valence-corrected chi connectivity index (χ4v) is 5.96. The van der Waals surface area contributed by atoms with Crippen LogP contribution in [0.5, 0.6) is 0 Å². The molecule has 2 rings (SSSR count). The van der Waals surface area contributed by atoms with Gasteiger partial charge in [-0.25, -0.2) is 8.42 Å². The Morgan fingerprint density at radius 3 is 2.67 bits per heavy atom. The number of carbonyl (C=O) groups is 1. The standard InChI is InChI=1S/C12H19N3O3S3/c1-3-21(17,18)10-8(13)9(11(14)16)20-12(10)15-4-5-19-7(2)6-15/h7H,3-6,13H2,1-2H3,(H2,14,16). The van der Waals surface area contributed by atoms with E-state index in [0.717, 1.165) is 30.2 Å². The second-order valence-corrected chi connectivity index (χ2v) is 9.63. The summed E-state index contributed by atoms with van der Waals surface area (Å²) in [6.07, 6.45) is 0. The predicted molar refractivity (Wildman–Crippen MR) is 89.1 cm³/mol. The molecule has 6 nitrogen and oxygen atoms in total. The quantitative estimate of drug-likeness (QED) is 0.845. The zero-order valence-electron chi connectivity index (χ0n) is 12.0. The molecule has 2 heterocycles. The lowest BCUT2D eigenvalue weighted by atomic mass is 10.3. The Bertz CT molecular complexity index is 654. The summed E-state index contributed by atoms with van der Waals surface area (Å²) in [7, 11) is -3.51. The molecule has 0 aliphatic carbocycles. The minimum atomic E-state index is -3.51. The van der Waals surface area contributed by atoms with Gasteiger partial charge >= 0.3 is 0 Å². The van der Waals surface area contributed by atoms with Gasteiger partial charge in [0, 0.05) is 24.1 Å². The zero-order valence-corrected chi connectivity index (χ0v) is 14.4. The van der Waals surface area contributed by atoms with E-state index in [1.807, 2.05) is 16.7 Å². The van der Waals surface area contributed by atoms with E-state index < -0.39 is 15.7 Å². The van der Waals surface area contributed by atoms with Crippen molar-refractivity contribution < 1.29 is 13.2 Å². The van der Waals surface area contributed by atoms with Gasteiger partial charge in [-0.15, -0.1) is 11.3 Å². The van der Waals surface area contributed by atoms with Gasteiger partial charge in [-0.05, 0) is 0 Å². The third-order valence-electron chi connectivity index (χ3n) is 3.33. The van der Waals surface area contributed by atoms with Crippen LogP contribution < -0.4 is 16.4 Å². The smallest absolute Gasteiger partial charge is 0.261 e. The first-order valence-electron chi connectivity index (χ1n) is 6.59. The van der Waals surface area contributed by atoms with Crippen molar-refractivity contribution in [1.29, 1.82) is 0 Å². The number of thioether (sulfide) groups is 1. The first-order valence-corrected chi connectivity index (χ1v) is 10.1. The highest BCUT2D eigenvalue weighted by Gasteiger charge is 2.32. The van der Waals surface area contributed by atoms with Crippen LogP contribution in [0, 0.1) is 0 Å². The Hall–Kier alpha value is -0.930. The summed E-state index contributed by atoms with van der Waals surface area (Å²) in [5.41, 5.74) is 11.2. The van der Waals surface area contributed by atoms with Crippen LogP contribution in [0.25, 0.3) is 0 Å². The Balaban J connectivity index is 2.59. The van der Waals surface area contributed by atoms with Crippen LogP contribution in [-0.4, -0.2) is 44.2 Å². The summed E-state index contributed by atoms with van der Waals surface area (Å²) < 4.78 is 24.7. The van der Waals surface area contributed by atoms with E-state index >= 15 is 0 Å². The average molecular weight is 350 g/mol. The first-order chi connectivity index (χ1) is 9.77. The van der Waals surface area contributed by atoms with Gasteiger partial charge < -0.3 is 16.4 Å². The van der Waals surface area contributed by atoms with Crippen molar-refractivity contribution in [2.45, 2.75) is 24.0 Å². The van der Waals surface area contributed by atoms with Crippen molar-refractivity contribution in [1.82, 2.24) is 0 Å². The fourth-order valence-electron chi connectivity index (χ4n) is 2.26. The van der Waals surface area contributed by atoms with Gasteiger partial charge in [0.25, 0.3) is 5.91 Å². The van der Waals surface area contributed by atoms with Gasteiger partial charge in [0.2, 0.25) is 0 Å². The van der Waals surface area contributed by atoms with Crippen molar-refractivity contribution >= 4 is 49.5 Å². The largest absolute Gasteiger partial charge is 0.396 e. The molecule has 21 heavy (non-hydrogen) atoms. The third kappa shape index (κ3) is 3.14. The molecule has 1 aliphatic heterocycles. The number of hydrogen-bond donors (Lipinski definition) is 2. The minimum absolute atomic E-state index is 0.00442. The average Bonchev–Trinajstić information content (AvgIpc) is 2.77. The molecule has 1 aliphatic rings. The lowest BCUT2D eigenvalue weighted by Crippen LogP contribution is -2.36. The van der Waals surface area contributed by atoms with Crippen LogP contribution in [0.15, 0.2) is 4.90 Å². The number of sulfone groups is 1. The van der Waals surface area contributed by atoms with Crippen molar-refractivity contribution in [3.05, 3.63) is 4.88 Å². The molecule has 1 saturated heterocycles. The molecule has 1 unspecified atom stereocenters. The summed E-state index contributed by atoms with van der Waals surface area (Å²) >= 11 is 2.93. The number of nitrogens with zero attached hydrogens (tertiary/aromatic N) is 1. The third-order valence-corrected chi connectivity index (χ3v) is 7.67. The summed E-state index contributed by atoms with van der Waals surface area (Å²) in [4.78, 5) is 13.7. The molecule has 0 radical (unpaired) electrons. The number of nitrogen functional groups attached to an aromatic ring is 1. The molecule has 4 N–H and O–H groups in total. The lowest BCUT2D eigenvalue weighted by molar-refractivity contribution is 0.100. The minimum Gasteiger partial charge on any atom is -0.396 e. The normalized spacial score (nSPS) is 19.7. The highest BCUT2D eigenvalue weighted by atomic mass is 32.2. The van der Waals surface area contributed by atoms with Crippen molar-refractivity contribution in [2.24, 2.45) is 5.73 Å². The van der Waals surface area contributed by atoms with Crippen LogP contribution in [-0.2, 0) is 9.84 Å². The van der Waals surface area contributed by atoms with Crippen LogP contribution in [0.4, 0.5) is 10.7 Å². The molecular weight excluding hydrogens is 330 g/mol. The fraction of sp³-hybridized carbons (Fsp3) is 0.583. The van der Waals surface area contributed by atoms with E-state index in [9.17, 15) is 13.2 Å². The first kappa shape index (κ1) is 16.4. The Labute approximate surface area is 132 Å². The van der Waals surface area contributed by atoms with Crippen LogP contribution in [0.1, 0.15) is 23.5 Å².